The zero-order valence-electron chi connectivity index (χ0n) is 11.9. The van der Waals surface area contributed by atoms with Gasteiger partial charge in [-0.3, -0.25) is 5.32 Å². The normalized spacial score (nSPS) is 10.0. The van der Waals surface area contributed by atoms with Crippen LogP contribution >= 0.6 is 0 Å². The van der Waals surface area contributed by atoms with Crippen LogP contribution in [0, 0.1) is 11.8 Å². The Bertz CT molecular complexity index is 561. The zero-order valence-corrected chi connectivity index (χ0v) is 11.9. The van der Waals surface area contributed by atoms with Crippen LogP contribution in [0.5, 0.6) is 0 Å². The summed E-state index contributed by atoms with van der Waals surface area (Å²) in [5, 5.41) is 2.59. The highest BCUT2D eigenvalue weighted by atomic mass is 16.6. The van der Waals surface area contributed by atoms with Crippen LogP contribution in [0.3, 0.4) is 0 Å². The first-order valence-electron chi connectivity index (χ1n) is 6.01. The van der Waals surface area contributed by atoms with Crippen molar-refractivity contribution in [2.45, 2.75) is 26.4 Å². The third-order valence-corrected chi connectivity index (χ3v) is 2.05. The Morgan fingerprint density at radius 1 is 1.20 bits per heavy atom. The first-order chi connectivity index (χ1) is 9.31. The van der Waals surface area contributed by atoms with E-state index in [2.05, 4.69) is 21.9 Å². The fourth-order valence-electron chi connectivity index (χ4n) is 1.28. The van der Waals surface area contributed by atoms with Crippen LogP contribution in [0.2, 0.25) is 0 Å². The predicted octanol–water partition coefficient (Wildman–Crippen LogP) is 2.56. The molecule has 1 aromatic carbocycles. The summed E-state index contributed by atoms with van der Waals surface area (Å²) in [6.07, 6.45) is -0.579. The summed E-state index contributed by atoms with van der Waals surface area (Å²) in [6.45, 7) is 5.32. The summed E-state index contributed by atoms with van der Waals surface area (Å²) in [4.78, 5) is 22.7. The molecule has 0 aliphatic rings. The lowest BCUT2D eigenvalue weighted by Gasteiger charge is -2.20. The van der Waals surface area contributed by atoms with Crippen molar-refractivity contribution in [3.8, 4) is 11.8 Å². The largest absolute Gasteiger partial charge is 0.459 e. The van der Waals surface area contributed by atoms with Gasteiger partial charge >= 0.3 is 12.1 Å². The van der Waals surface area contributed by atoms with Crippen molar-refractivity contribution >= 4 is 17.7 Å². The van der Waals surface area contributed by atoms with Gasteiger partial charge in [0.25, 0.3) is 0 Å². The average Bonchev–Trinajstić information content (AvgIpc) is 2.35. The van der Waals surface area contributed by atoms with Gasteiger partial charge in [-0.05, 0) is 32.9 Å². The molecule has 106 valence electrons. The van der Waals surface area contributed by atoms with Crippen molar-refractivity contribution in [2.24, 2.45) is 0 Å². The number of benzene rings is 1. The number of hydrogen-bond donors (Lipinski definition) is 1. The standard InChI is InChI=1S/C15H17NO4/c1-15(2,3)20-14(18)16-12-8-6-5-7-11(12)9-10-13(17)19-4/h5-8H,1-4H3,(H,16,18). The molecule has 0 radical (unpaired) electrons. The Balaban J connectivity index is 2.88. The van der Waals surface area contributed by atoms with Crippen molar-refractivity contribution in [3.63, 3.8) is 0 Å². The molecule has 0 heterocycles. The smallest absolute Gasteiger partial charge is 0.412 e. The number of carbonyl (C=O) groups excluding carboxylic acids is 2. The Hall–Kier alpha value is -2.48. The van der Waals surface area contributed by atoms with Gasteiger partial charge < -0.3 is 9.47 Å². The average molecular weight is 275 g/mol. The number of rotatable bonds is 1. The maximum Gasteiger partial charge on any atom is 0.412 e. The van der Waals surface area contributed by atoms with Gasteiger partial charge in [0.2, 0.25) is 0 Å². The maximum absolute atomic E-state index is 11.7. The fraction of sp³-hybridized carbons (Fsp3) is 0.333. The monoisotopic (exact) mass is 275 g/mol. The van der Waals surface area contributed by atoms with Crippen LogP contribution in [0.25, 0.3) is 0 Å². The Labute approximate surface area is 118 Å². The van der Waals surface area contributed by atoms with E-state index in [9.17, 15) is 9.59 Å². The Morgan fingerprint density at radius 2 is 1.85 bits per heavy atom. The van der Waals surface area contributed by atoms with E-state index in [-0.39, 0.29) is 0 Å². The zero-order chi connectivity index (χ0) is 15.2. The highest BCUT2D eigenvalue weighted by Gasteiger charge is 2.16. The first-order valence-corrected chi connectivity index (χ1v) is 6.01. The minimum absolute atomic E-state index is 0.471. The van der Waals surface area contributed by atoms with E-state index < -0.39 is 17.7 Å². The molecule has 0 aliphatic carbocycles. The van der Waals surface area contributed by atoms with Crippen molar-refractivity contribution < 1.29 is 19.1 Å². The van der Waals surface area contributed by atoms with Gasteiger partial charge in [0.05, 0.1) is 12.8 Å². The van der Waals surface area contributed by atoms with E-state index in [1.165, 1.54) is 7.11 Å². The minimum atomic E-state index is -0.642. The van der Waals surface area contributed by atoms with E-state index in [4.69, 9.17) is 4.74 Å². The molecule has 20 heavy (non-hydrogen) atoms. The number of nitrogens with one attached hydrogen (secondary N) is 1. The van der Waals surface area contributed by atoms with Gasteiger partial charge in [-0.15, -0.1) is 0 Å². The second-order valence-corrected chi connectivity index (χ2v) is 4.91. The molecule has 1 aromatic rings. The Kier molecular flexibility index (Phi) is 5.15. The quantitative estimate of drug-likeness (QED) is 0.632. The molecule has 0 fully saturated rings. The molecule has 0 bridgehead atoms. The summed E-state index contributed by atoms with van der Waals surface area (Å²) in [5.41, 5.74) is 0.387. The van der Waals surface area contributed by atoms with Gasteiger partial charge in [-0.1, -0.05) is 18.1 Å². The second-order valence-electron chi connectivity index (χ2n) is 4.91. The highest BCUT2D eigenvalue weighted by Crippen LogP contribution is 2.15. The van der Waals surface area contributed by atoms with E-state index >= 15 is 0 Å². The van der Waals surface area contributed by atoms with Crippen molar-refractivity contribution in [1.82, 2.24) is 0 Å². The lowest BCUT2D eigenvalue weighted by Crippen LogP contribution is -2.27. The number of methoxy groups -OCH3 is 1. The van der Waals surface area contributed by atoms with Crippen LogP contribution in [0.15, 0.2) is 24.3 Å². The molecule has 1 amide bonds. The highest BCUT2D eigenvalue weighted by molar-refractivity contribution is 5.91. The fourth-order valence-corrected chi connectivity index (χ4v) is 1.28. The lowest BCUT2D eigenvalue weighted by atomic mass is 10.2. The molecule has 0 unspecified atom stereocenters. The number of carbonyl (C=O) groups is 2. The molecule has 5 nitrogen and oxygen atoms in total. The van der Waals surface area contributed by atoms with Gasteiger partial charge in [0.1, 0.15) is 5.60 Å². The van der Waals surface area contributed by atoms with Crippen LogP contribution in [-0.2, 0) is 14.3 Å². The number of ether oxygens (including phenoxy) is 2. The van der Waals surface area contributed by atoms with Gasteiger partial charge in [-0.2, -0.15) is 0 Å². The first kappa shape index (κ1) is 15.6. The van der Waals surface area contributed by atoms with Crippen molar-refractivity contribution in [1.29, 1.82) is 0 Å². The molecular weight excluding hydrogens is 258 g/mol. The summed E-state index contributed by atoms with van der Waals surface area (Å²) in [7, 11) is 1.25. The van der Waals surface area contributed by atoms with Crippen LogP contribution in [0.1, 0.15) is 26.3 Å². The Morgan fingerprint density at radius 3 is 2.45 bits per heavy atom. The molecule has 0 spiro atoms. The van der Waals surface area contributed by atoms with Crippen molar-refractivity contribution in [2.75, 3.05) is 12.4 Å². The number of esters is 1. The maximum atomic E-state index is 11.7. The molecule has 0 saturated heterocycles. The molecule has 1 N–H and O–H groups in total. The molecule has 0 aromatic heterocycles. The molecule has 0 atom stereocenters. The summed E-state index contributed by atoms with van der Waals surface area (Å²) in [5.74, 6) is 4.30. The van der Waals surface area contributed by atoms with Crippen LogP contribution < -0.4 is 5.32 Å². The number of hydrogen-bond acceptors (Lipinski definition) is 4. The van der Waals surface area contributed by atoms with E-state index in [0.717, 1.165) is 0 Å². The number of anilines is 1. The van der Waals surface area contributed by atoms with Gasteiger partial charge in [-0.25, -0.2) is 9.59 Å². The number of para-hydroxylation sites is 1. The van der Waals surface area contributed by atoms with Gasteiger partial charge in [0.15, 0.2) is 0 Å². The second kappa shape index (κ2) is 6.62. The van der Waals surface area contributed by atoms with E-state index in [1.54, 1.807) is 45.0 Å². The van der Waals surface area contributed by atoms with Crippen LogP contribution in [-0.4, -0.2) is 24.8 Å². The SMILES string of the molecule is COC(=O)C#Cc1ccccc1NC(=O)OC(C)(C)C. The molecule has 1 rings (SSSR count). The predicted molar refractivity (Wildman–Crippen MR) is 75.2 cm³/mol. The topological polar surface area (TPSA) is 64.6 Å². The van der Waals surface area contributed by atoms with E-state index in [0.29, 0.717) is 11.3 Å². The van der Waals surface area contributed by atoms with E-state index in [1.807, 2.05) is 0 Å². The molecule has 5 heteroatoms. The van der Waals surface area contributed by atoms with Gasteiger partial charge in [0, 0.05) is 11.5 Å². The van der Waals surface area contributed by atoms with Crippen LogP contribution in [0.4, 0.5) is 10.5 Å². The van der Waals surface area contributed by atoms with Crippen molar-refractivity contribution in [3.05, 3.63) is 29.8 Å². The minimum Gasteiger partial charge on any atom is -0.459 e. The molecule has 0 saturated carbocycles. The summed E-state index contributed by atoms with van der Waals surface area (Å²) < 4.78 is 9.59. The third kappa shape index (κ3) is 5.44. The third-order valence-electron chi connectivity index (χ3n) is 2.05. The summed E-state index contributed by atoms with van der Waals surface area (Å²) >= 11 is 0. The number of amides is 1. The lowest BCUT2D eigenvalue weighted by molar-refractivity contribution is -0.133. The summed E-state index contributed by atoms with van der Waals surface area (Å²) in [6, 6.07) is 6.85. The molecule has 0 aliphatic heterocycles. The molecular formula is C15H17NO4.